The molecule has 0 spiro atoms. The Kier molecular flexibility index (Phi) is 3.73. The molecular weight excluding hydrogens is 230 g/mol. The van der Waals surface area contributed by atoms with Gasteiger partial charge in [-0.1, -0.05) is 0 Å². The summed E-state index contributed by atoms with van der Waals surface area (Å²) in [6, 6.07) is 0. The van der Waals surface area contributed by atoms with Crippen LogP contribution in [-0.2, 0) is 6.42 Å². The molecule has 0 aliphatic heterocycles. The van der Waals surface area contributed by atoms with Crippen LogP contribution in [0.25, 0.3) is 0 Å². The maximum Gasteiger partial charge on any atom is 0.0937 e. The fraction of sp³-hybridized carbons (Fsp3) is 0.500. The van der Waals surface area contributed by atoms with Crippen LogP contribution in [0.2, 0.25) is 0 Å². The molecule has 1 aromatic heterocycles. The van der Waals surface area contributed by atoms with Crippen LogP contribution in [0.3, 0.4) is 0 Å². The summed E-state index contributed by atoms with van der Waals surface area (Å²) >= 11 is 9.18. The topological polar surface area (TPSA) is 12.9 Å². The molecule has 0 aliphatic rings. The van der Waals surface area contributed by atoms with E-state index in [-0.39, 0.29) is 0 Å². The second-order valence-electron chi connectivity index (χ2n) is 1.89. The van der Waals surface area contributed by atoms with E-state index in [4.69, 9.17) is 0 Å². The van der Waals surface area contributed by atoms with Gasteiger partial charge in [-0.05, 0) is 28.1 Å². The van der Waals surface area contributed by atoms with Gasteiger partial charge in [-0.15, -0.1) is 11.3 Å². The first-order valence-electron chi connectivity index (χ1n) is 3.04. The Bertz CT molecular complexity index is 199. The van der Waals surface area contributed by atoms with E-state index in [2.05, 4.69) is 33.5 Å². The average Bonchev–Trinajstić information content (AvgIpc) is 2.31. The first-order chi connectivity index (χ1) is 4.83. The lowest BCUT2D eigenvalue weighted by Gasteiger charge is -1.88. The molecule has 10 heavy (non-hydrogen) atoms. The summed E-state index contributed by atoms with van der Waals surface area (Å²) in [6.45, 7) is 0. The van der Waals surface area contributed by atoms with Gasteiger partial charge in [0.15, 0.2) is 0 Å². The number of aryl methyl sites for hydroxylation is 1. The first-order valence-corrected chi connectivity index (χ1v) is 5.28. The minimum atomic E-state index is 0.942. The number of hydrogen-bond donors (Lipinski definition) is 1. The number of halogens is 1. The molecule has 1 aromatic rings. The summed E-state index contributed by atoms with van der Waals surface area (Å²) in [5.74, 6) is 0.942. The van der Waals surface area contributed by atoms with Gasteiger partial charge in [0, 0.05) is 6.42 Å². The van der Waals surface area contributed by atoms with Crippen molar-refractivity contribution < 1.29 is 0 Å². The van der Waals surface area contributed by atoms with Gasteiger partial charge in [0.2, 0.25) is 0 Å². The van der Waals surface area contributed by atoms with Crippen molar-refractivity contribution in [1.82, 2.24) is 4.98 Å². The highest BCUT2D eigenvalue weighted by atomic mass is 79.9. The third kappa shape index (κ3) is 2.60. The third-order valence-electron chi connectivity index (χ3n) is 1.07. The van der Waals surface area contributed by atoms with Crippen molar-refractivity contribution in [3.05, 3.63) is 15.0 Å². The zero-order valence-corrected chi connectivity index (χ0v) is 8.68. The average molecular weight is 238 g/mol. The Hall–Kier alpha value is 0.460. The van der Waals surface area contributed by atoms with Gasteiger partial charge < -0.3 is 0 Å². The molecule has 0 aromatic carbocycles. The van der Waals surface area contributed by atoms with Crippen molar-refractivity contribution in [1.29, 1.82) is 0 Å². The van der Waals surface area contributed by atoms with Crippen molar-refractivity contribution in [2.75, 3.05) is 5.75 Å². The van der Waals surface area contributed by atoms with Crippen LogP contribution in [0, 0.1) is 0 Å². The largest absolute Gasteiger partial charge is 0.248 e. The van der Waals surface area contributed by atoms with E-state index >= 15 is 0 Å². The number of nitrogens with zero attached hydrogens (tertiary/aromatic N) is 1. The third-order valence-corrected chi connectivity index (χ3v) is 2.93. The zero-order chi connectivity index (χ0) is 7.40. The molecule has 0 radical (unpaired) electrons. The quantitative estimate of drug-likeness (QED) is 0.799. The minimum Gasteiger partial charge on any atom is -0.248 e. The molecule has 1 nitrogen and oxygen atoms in total. The zero-order valence-electron chi connectivity index (χ0n) is 5.38. The standard InChI is InChI=1S/C6H8BrNS2/c7-5-4-8-6(10-5)2-1-3-9/h4,9H,1-3H2. The molecule has 56 valence electrons. The number of aromatic nitrogens is 1. The normalized spacial score (nSPS) is 10.2. The lowest BCUT2D eigenvalue weighted by Crippen LogP contribution is -1.82. The molecule has 0 amide bonds. The molecular formula is C6H8BrNS2. The second-order valence-corrected chi connectivity index (χ2v) is 4.83. The van der Waals surface area contributed by atoms with E-state index in [1.54, 1.807) is 11.3 Å². The summed E-state index contributed by atoms with van der Waals surface area (Å²) in [5.41, 5.74) is 0. The van der Waals surface area contributed by atoms with Gasteiger partial charge in [-0.2, -0.15) is 12.6 Å². The van der Waals surface area contributed by atoms with Crippen LogP contribution in [0.5, 0.6) is 0 Å². The molecule has 1 heterocycles. The summed E-state index contributed by atoms with van der Waals surface area (Å²) in [6.07, 6.45) is 4.02. The molecule has 4 heteroatoms. The Balaban J connectivity index is 2.42. The summed E-state index contributed by atoms with van der Waals surface area (Å²) in [7, 11) is 0. The van der Waals surface area contributed by atoms with Crippen LogP contribution in [-0.4, -0.2) is 10.7 Å². The number of hydrogen-bond acceptors (Lipinski definition) is 3. The van der Waals surface area contributed by atoms with Gasteiger partial charge in [0.05, 0.1) is 15.0 Å². The molecule has 0 saturated heterocycles. The molecule has 0 saturated carbocycles. The SMILES string of the molecule is SCCCc1ncc(Br)s1. The molecule has 1 rings (SSSR count). The van der Waals surface area contributed by atoms with Crippen LogP contribution in [0.1, 0.15) is 11.4 Å². The van der Waals surface area contributed by atoms with Gasteiger partial charge in [-0.25, -0.2) is 4.98 Å². The molecule has 0 N–H and O–H groups in total. The highest BCUT2D eigenvalue weighted by molar-refractivity contribution is 9.11. The highest BCUT2D eigenvalue weighted by Gasteiger charge is 1.97. The Morgan fingerprint density at radius 1 is 1.70 bits per heavy atom. The van der Waals surface area contributed by atoms with E-state index in [1.165, 1.54) is 5.01 Å². The van der Waals surface area contributed by atoms with Crippen LogP contribution in [0.4, 0.5) is 0 Å². The van der Waals surface area contributed by atoms with Crippen molar-refractivity contribution in [2.45, 2.75) is 12.8 Å². The molecule has 0 unspecified atom stereocenters. The number of thiol groups is 1. The predicted molar refractivity (Wildman–Crippen MR) is 52.0 cm³/mol. The second kappa shape index (κ2) is 4.36. The summed E-state index contributed by atoms with van der Waals surface area (Å²) < 4.78 is 1.11. The van der Waals surface area contributed by atoms with Crippen molar-refractivity contribution in [3.8, 4) is 0 Å². The summed E-state index contributed by atoms with van der Waals surface area (Å²) in [4.78, 5) is 4.19. The Morgan fingerprint density at radius 2 is 2.50 bits per heavy atom. The Labute approximate surface area is 78.4 Å². The van der Waals surface area contributed by atoms with E-state index in [1.807, 2.05) is 6.20 Å². The predicted octanol–water partition coefficient (Wildman–Crippen LogP) is 2.77. The monoisotopic (exact) mass is 237 g/mol. The van der Waals surface area contributed by atoms with Gasteiger partial charge >= 0.3 is 0 Å². The van der Waals surface area contributed by atoms with Crippen LogP contribution < -0.4 is 0 Å². The van der Waals surface area contributed by atoms with Crippen LogP contribution >= 0.6 is 39.9 Å². The molecule has 0 fully saturated rings. The van der Waals surface area contributed by atoms with E-state index in [0.29, 0.717) is 0 Å². The van der Waals surface area contributed by atoms with E-state index < -0.39 is 0 Å². The minimum absolute atomic E-state index is 0.942. The molecule has 0 bridgehead atoms. The fourth-order valence-corrected chi connectivity index (χ4v) is 2.14. The van der Waals surface area contributed by atoms with Gasteiger partial charge in [-0.3, -0.25) is 0 Å². The van der Waals surface area contributed by atoms with Crippen LogP contribution in [0.15, 0.2) is 9.98 Å². The van der Waals surface area contributed by atoms with E-state index in [0.717, 1.165) is 22.4 Å². The van der Waals surface area contributed by atoms with Crippen molar-refractivity contribution in [3.63, 3.8) is 0 Å². The van der Waals surface area contributed by atoms with E-state index in [9.17, 15) is 0 Å². The molecule has 0 atom stereocenters. The maximum atomic E-state index is 4.19. The smallest absolute Gasteiger partial charge is 0.0937 e. The van der Waals surface area contributed by atoms with Crippen molar-refractivity contribution >= 4 is 39.9 Å². The summed E-state index contributed by atoms with van der Waals surface area (Å²) in [5, 5.41) is 1.20. The van der Waals surface area contributed by atoms with Gasteiger partial charge in [0.1, 0.15) is 0 Å². The lowest BCUT2D eigenvalue weighted by molar-refractivity contribution is 0.922. The Morgan fingerprint density at radius 3 is 3.00 bits per heavy atom. The molecule has 0 aliphatic carbocycles. The van der Waals surface area contributed by atoms with Crippen molar-refractivity contribution in [2.24, 2.45) is 0 Å². The number of thiazole rings is 1. The van der Waals surface area contributed by atoms with Gasteiger partial charge in [0.25, 0.3) is 0 Å². The lowest BCUT2D eigenvalue weighted by atomic mass is 10.3. The number of rotatable bonds is 3. The fourth-order valence-electron chi connectivity index (χ4n) is 0.634. The maximum absolute atomic E-state index is 4.19. The highest BCUT2D eigenvalue weighted by Crippen LogP contribution is 2.19. The first kappa shape index (κ1) is 8.56.